The molecule has 1 atom stereocenters. The molecule has 110 valence electrons. The van der Waals surface area contributed by atoms with Crippen LogP contribution >= 0.6 is 0 Å². The fourth-order valence-electron chi connectivity index (χ4n) is 2.47. The van der Waals surface area contributed by atoms with Crippen LogP contribution in [-0.4, -0.2) is 46.0 Å². The predicted octanol–water partition coefficient (Wildman–Crippen LogP) is -0.712. The highest BCUT2D eigenvalue weighted by atomic mass is 16.2. The third kappa shape index (κ3) is 2.67. The van der Waals surface area contributed by atoms with E-state index in [1.807, 2.05) is 6.92 Å². The van der Waals surface area contributed by atoms with Gasteiger partial charge in [-0.05, 0) is 19.4 Å². The van der Waals surface area contributed by atoms with Gasteiger partial charge < -0.3 is 15.2 Å². The zero-order chi connectivity index (χ0) is 14.7. The Morgan fingerprint density at radius 3 is 2.85 bits per heavy atom. The molecule has 1 unspecified atom stereocenters. The summed E-state index contributed by atoms with van der Waals surface area (Å²) in [5.74, 6) is -0.308. The highest BCUT2D eigenvalue weighted by Gasteiger charge is 2.28. The highest BCUT2D eigenvalue weighted by molar-refractivity contribution is 5.93. The number of hydrogen-bond donors (Lipinski definition) is 2. The molecule has 0 aliphatic carbocycles. The largest absolute Gasteiger partial charge is 0.334 e. The van der Waals surface area contributed by atoms with Crippen molar-refractivity contribution in [1.29, 1.82) is 0 Å². The van der Waals surface area contributed by atoms with Crippen LogP contribution in [-0.2, 0) is 7.05 Å². The minimum absolute atomic E-state index is 0.0208. The summed E-state index contributed by atoms with van der Waals surface area (Å²) in [6.07, 6.45) is 2.93. The normalized spacial score (nSPS) is 18.2. The fourth-order valence-corrected chi connectivity index (χ4v) is 2.47. The van der Waals surface area contributed by atoms with Crippen LogP contribution in [0, 0.1) is 0 Å². The molecule has 1 saturated heterocycles. The Bertz CT molecular complexity index is 598. The maximum atomic E-state index is 12.6. The van der Waals surface area contributed by atoms with E-state index >= 15 is 0 Å². The highest BCUT2D eigenvalue weighted by Crippen LogP contribution is 2.12. The third-order valence-corrected chi connectivity index (χ3v) is 3.61. The van der Waals surface area contributed by atoms with Gasteiger partial charge in [-0.3, -0.25) is 14.2 Å². The molecule has 1 aliphatic rings. The molecule has 1 aliphatic heterocycles. The zero-order valence-corrected chi connectivity index (χ0v) is 11.8. The second kappa shape index (κ2) is 6.04. The van der Waals surface area contributed by atoms with E-state index in [1.54, 1.807) is 4.90 Å². The molecule has 2 rings (SSSR count). The standard InChI is InChI=1S/C13H20N4O3/c1-3-6-17(9-4-5-14-7-9)12(19)10-8-15-13(20)16(2)11(10)18/h8-9,14H,3-7H2,1-2H3,(H,15,20). The van der Waals surface area contributed by atoms with E-state index in [1.165, 1.54) is 13.2 Å². The van der Waals surface area contributed by atoms with Crippen molar-refractivity contribution >= 4 is 5.91 Å². The van der Waals surface area contributed by atoms with E-state index in [-0.39, 0.29) is 17.5 Å². The molecule has 2 N–H and O–H groups in total. The lowest BCUT2D eigenvalue weighted by Gasteiger charge is -2.28. The van der Waals surface area contributed by atoms with Gasteiger partial charge in [-0.25, -0.2) is 4.79 Å². The van der Waals surface area contributed by atoms with Gasteiger partial charge in [0.15, 0.2) is 0 Å². The Morgan fingerprint density at radius 1 is 1.50 bits per heavy atom. The summed E-state index contributed by atoms with van der Waals surface area (Å²) in [7, 11) is 1.36. The summed E-state index contributed by atoms with van der Waals surface area (Å²) in [4.78, 5) is 40.1. The van der Waals surface area contributed by atoms with E-state index in [0.29, 0.717) is 6.54 Å². The van der Waals surface area contributed by atoms with Gasteiger partial charge in [0.2, 0.25) is 0 Å². The average molecular weight is 280 g/mol. The molecule has 1 aromatic rings. The van der Waals surface area contributed by atoms with E-state index in [0.717, 1.165) is 30.5 Å². The number of carbonyl (C=O) groups is 1. The lowest BCUT2D eigenvalue weighted by Crippen LogP contribution is -2.46. The van der Waals surface area contributed by atoms with Crippen molar-refractivity contribution in [3.05, 3.63) is 32.6 Å². The summed E-state index contributed by atoms with van der Waals surface area (Å²) >= 11 is 0. The van der Waals surface area contributed by atoms with Gasteiger partial charge in [0, 0.05) is 32.4 Å². The first-order valence-electron chi connectivity index (χ1n) is 6.86. The second-order valence-corrected chi connectivity index (χ2v) is 5.02. The van der Waals surface area contributed by atoms with Crippen molar-refractivity contribution in [1.82, 2.24) is 19.8 Å². The van der Waals surface area contributed by atoms with Crippen molar-refractivity contribution < 1.29 is 4.79 Å². The molecular weight excluding hydrogens is 260 g/mol. The lowest BCUT2D eigenvalue weighted by molar-refractivity contribution is 0.0689. The summed E-state index contributed by atoms with van der Waals surface area (Å²) in [5.41, 5.74) is -1.05. The van der Waals surface area contributed by atoms with Crippen molar-refractivity contribution in [2.75, 3.05) is 19.6 Å². The zero-order valence-electron chi connectivity index (χ0n) is 11.8. The first-order chi connectivity index (χ1) is 9.56. The number of hydrogen-bond acceptors (Lipinski definition) is 4. The number of H-pyrrole nitrogens is 1. The molecule has 7 nitrogen and oxygen atoms in total. The SMILES string of the molecule is CCCN(C(=O)c1c[nH]c(=O)n(C)c1=O)C1CCNC1. The van der Waals surface area contributed by atoms with E-state index < -0.39 is 11.2 Å². The van der Waals surface area contributed by atoms with Gasteiger partial charge in [0.1, 0.15) is 5.56 Å². The first-order valence-corrected chi connectivity index (χ1v) is 6.86. The van der Waals surface area contributed by atoms with Crippen LogP contribution in [0.25, 0.3) is 0 Å². The maximum absolute atomic E-state index is 12.6. The van der Waals surface area contributed by atoms with Gasteiger partial charge in [-0.2, -0.15) is 0 Å². The molecular formula is C13H20N4O3. The van der Waals surface area contributed by atoms with Crippen LogP contribution in [0.5, 0.6) is 0 Å². The van der Waals surface area contributed by atoms with Gasteiger partial charge in [-0.1, -0.05) is 6.92 Å². The summed E-state index contributed by atoms with van der Waals surface area (Å²) in [5, 5.41) is 3.22. The van der Waals surface area contributed by atoms with Crippen molar-refractivity contribution in [3.8, 4) is 0 Å². The number of nitrogens with zero attached hydrogens (tertiary/aromatic N) is 2. The molecule has 0 bridgehead atoms. The topological polar surface area (TPSA) is 87.2 Å². The van der Waals surface area contributed by atoms with Gasteiger partial charge in [0.05, 0.1) is 0 Å². The van der Waals surface area contributed by atoms with Crippen LogP contribution in [0.2, 0.25) is 0 Å². The summed E-state index contributed by atoms with van der Waals surface area (Å²) in [6.45, 7) is 4.22. The molecule has 7 heteroatoms. The molecule has 0 spiro atoms. The Kier molecular flexibility index (Phi) is 4.39. The Hall–Kier alpha value is -1.89. The molecule has 1 aromatic heterocycles. The number of nitrogens with one attached hydrogen (secondary N) is 2. The summed E-state index contributed by atoms with van der Waals surface area (Å²) < 4.78 is 0.921. The first kappa shape index (κ1) is 14.5. The quantitative estimate of drug-likeness (QED) is 0.762. The van der Waals surface area contributed by atoms with Crippen molar-refractivity contribution in [2.45, 2.75) is 25.8 Å². The van der Waals surface area contributed by atoms with Crippen LogP contribution in [0.1, 0.15) is 30.1 Å². The minimum Gasteiger partial charge on any atom is -0.334 e. The number of aromatic nitrogens is 2. The monoisotopic (exact) mass is 280 g/mol. The van der Waals surface area contributed by atoms with E-state index in [2.05, 4.69) is 10.3 Å². The summed E-state index contributed by atoms with van der Waals surface area (Å²) in [6, 6.07) is 0.110. The Labute approximate surface area is 116 Å². The smallest absolute Gasteiger partial charge is 0.328 e. The van der Waals surface area contributed by atoms with Crippen LogP contribution in [0.3, 0.4) is 0 Å². The van der Waals surface area contributed by atoms with Crippen LogP contribution < -0.4 is 16.6 Å². The van der Waals surface area contributed by atoms with Crippen molar-refractivity contribution in [3.63, 3.8) is 0 Å². The number of rotatable bonds is 4. The van der Waals surface area contributed by atoms with Gasteiger partial charge in [-0.15, -0.1) is 0 Å². The minimum atomic E-state index is -0.550. The maximum Gasteiger partial charge on any atom is 0.328 e. The Balaban J connectivity index is 2.34. The third-order valence-electron chi connectivity index (χ3n) is 3.61. The second-order valence-electron chi connectivity index (χ2n) is 5.02. The molecule has 0 aromatic carbocycles. The average Bonchev–Trinajstić information content (AvgIpc) is 2.95. The van der Waals surface area contributed by atoms with Crippen LogP contribution in [0.4, 0.5) is 0 Å². The van der Waals surface area contributed by atoms with Crippen LogP contribution in [0.15, 0.2) is 15.8 Å². The lowest BCUT2D eigenvalue weighted by atomic mass is 10.1. The molecule has 20 heavy (non-hydrogen) atoms. The molecule has 1 amide bonds. The number of amides is 1. The van der Waals surface area contributed by atoms with Gasteiger partial charge >= 0.3 is 5.69 Å². The fraction of sp³-hybridized carbons (Fsp3) is 0.615. The number of aromatic amines is 1. The van der Waals surface area contributed by atoms with Gasteiger partial charge in [0.25, 0.3) is 11.5 Å². The molecule has 0 saturated carbocycles. The predicted molar refractivity (Wildman–Crippen MR) is 74.9 cm³/mol. The van der Waals surface area contributed by atoms with E-state index in [9.17, 15) is 14.4 Å². The van der Waals surface area contributed by atoms with E-state index in [4.69, 9.17) is 0 Å². The molecule has 1 fully saturated rings. The number of carbonyl (C=O) groups excluding carboxylic acids is 1. The molecule has 2 heterocycles. The Morgan fingerprint density at radius 2 is 2.25 bits per heavy atom. The molecule has 0 radical (unpaired) electrons. The van der Waals surface area contributed by atoms with Crippen molar-refractivity contribution in [2.24, 2.45) is 7.05 Å².